The van der Waals surface area contributed by atoms with Gasteiger partial charge in [0.05, 0.1) is 5.69 Å². The zero-order valence-corrected chi connectivity index (χ0v) is 13.4. The lowest BCUT2D eigenvalue weighted by Crippen LogP contribution is -2.45. The molecule has 0 saturated carbocycles. The first-order valence-corrected chi connectivity index (χ1v) is 7.44. The van der Waals surface area contributed by atoms with Gasteiger partial charge in [-0.2, -0.15) is 0 Å². The summed E-state index contributed by atoms with van der Waals surface area (Å²) in [6.07, 6.45) is 0. The smallest absolute Gasteiger partial charge is 0.268 e. The van der Waals surface area contributed by atoms with Gasteiger partial charge < -0.3 is 15.4 Å². The Kier molecular flexibility index (Phi) is 3.74. The molecule has 0 unspecified atom stereocenters. The fourth-order valence-electron chi connectivity index (χ4n) is 2.22. The number of hydrogen-bond donors (Lipinski definition) is 2. The Labute approximate surface area is 138 Å². The van der Waals surface area contributed by atoms with Gasteiger partial charge in [-0.25, -0.2) is 0 Å². The number of ether oxygens (including phenoxy) is 1. The van der Waals surface area contributed by atoms with Crippen LogP contribution in [0.25, 0.3) is 0 Å². The number of rotatable bonds is 2. The molecule has 0 fully saturated rings. The number of anilines is 2. The molecule has 3 rings (SSSR count). The molecule has 0 saturated heterocycles. The van der Waals surface area contributed by atoms with Crippen LogP contribution in [-0.2, 0) is 4.79 Å². The number of benzene rings is 2. The van der Waals surface area contributed by atoms with E-state index < -0.39 is 5.60 Å². The molecule has 2 aromatic rings. The van der Waals surface area contributed by atoms with Crippen molar-refractivity contribution in [3.05, 3.63) is 53.1 Å². The van der Waals surface area contributed by atoms with Crippen LogP contribution in [0, 0.1) is 0 Å². The minimum atomic E-state index is -0.918. The van der Waals surface area contributed by atoms with Gasteiger partial charge in [0.15, 0.2) is 5.60 Å². The summed E-state index contributed by atoms with van der Waals surface area (Å²) in [4.78, 5) is 24.1. The van der Waals surface area contributed by atoms with Gasteiger partial charge in [0.1, 0.15) is 5.75 Å². The lowest BCUT2D eigenvalue weighted by Gasteiger charge is -2.31. The van der Waals surface area contributed by atoms with Crippen molar-refractivity contribution in [3.63, 3.8) is 0 Å². The van der Waals surface area contributed by atoms with E-state index in [0.29, 0.717) is 27.7 Å². The molecule has 0 radical (unpaired) electrons. The number of carbonyl (C=O) groups is 2. The van der Waals surface area contributed by atoms with E-state index in [2.05, 4.69) is 10.6 Å². The van der Waals surface area contributed by atoms with E-state index in [1.165, 1.54) is 0 Å². The van der Waals surface area contributed by atoms with Gasteiger partial charge in [0.25, 0.3) is 11.8 Å². The summed E-state index contributed by atoms with van der Waals surface area (Å²) in [5.74, 6) is 0.0505. The van der Waals surface area contributed by atoms with E-state index in [4.69, 9.17) is 16.3 Å². The second-order valence-corrected chi connectivity index (χ2v) is 6.18. The van der Waals surface area contributed by atoms with Gasteiger partial charge >= 0.3 is 0 Å². The van der Waals surface area contributed by atoms with Gasteiger partial charge in [-0.05, 0) is 50.2 Å². The van der Waals surface area contributed by atoms with Crippen molar-refractivity contribution in [2.24, 2.45) is 0 Å². The largest absolute Gasteiger partial charge is 0.476 e. The molecule has 118 valence electrons. The quantitative estimate of drug-likeness (QED) is 0.882. The average molecular weight is 331 g/mol. The summed E-state index contributed by atoms with van der Waals surface area (Å²) in [5.41, 5.74) is 0.616. The first kappa shape index (κ1) is 15.4. The number of nitrogens with one attached hydrogen (secondary N) is 2. The second kappa shape index (κ2) is 5.59. The summed E-state index contributed by atoms with van der Waals surface area (Å²) < 4.78 is 5.65. The Morgan fingerprint density at radius 1 is 1.22 bits per heavy atom. The third-order valence-electron chi connectivity index (χ3n) is 3.48. The van der Waals surface area contributed by atoms with E-state index in [1.807, 2.05) is 0 Å². The van der Waals surface area contributed by atoms with Crippen LogP contribution in [-0.4, -0.2) is 17.4 Å². The number of hydrogen-bond acceptors (Lipinski definition) is 3. The molecule has 1 heterocycles. The molecule has 1 aliphatic heterocycles. The predicted octanol–water partition coefficient (Wildman–Crippen LogP) is 3.70. The topological polar surface area (TPSA) is 67.4 Å². The highest BCUT2D eigenvalue weighted by molar-refractivity contribution is 6.31. The fraction of sp³-hybridized carbons (Fsp3) is 0.176. The first-order chi connectivity index (χ1) is 10.8. The molecule has 0 atom stereocenters. The van der Waals surface area contributed by atoms with Crippen molar-refractivity contribution in [1.29, 1.82) is 0 Å². The standard InChI is InChI=1S/C17H15ClN2O3/c1-17(2)16(22)20-13-9-12(6-7-14(13)23-17)19-15(21)10-4-3-5-11(18)8-10/h3-9H,1-2H3,(H,19,21)(H,20,22). The molecule has 1 aliphatic rings. The first-order valence-electron chi connectivity index (χ1n) is 7.06. The SMILES string of the molecule is CC1(C)Oc2ccc(NC(=O)c3cccc(Cl)c3)cc2NC1=O. The van der Waals surface area contributed by atoms with Crippen LogP contribution < -0.4 is 15.4 Å². The van der Waals surface area contributed by atoms with E-state index in [9.17, 15) is 9.59 Å². The number of carbonyl (C=O) groups excluding carboxylic acids is 2. The summed E-state index contributed by atoms with van der Waals surface area (Å²) >= 11 is 5.89. The van der Waals surface area contributed by atoms with Crippen LogP contribution in [0.3, 0.4) is 0 Å². The highest BCUT2D eigenvalue weighted by Gasteiger charge is 2.35. The number of amides is 2. The molecule has 0 aromatic heterocycles. The maximum atomic E-state index is 12.2. The van der Waals surface area contributed by atoms with E-state index in [0.717, 1.165) is 0 Å². The second-order valence-electron chi connectivity index (χ2n) is 5.74. The maximum Gasteiger partial charge on any atom is 0.268 e. The highest BCUT2D eigenvalue weighted by Crippen LogP contribution is 2.35. The molecule has 0 spiro atoms. The van der Waals surface area contributed by atoms with Crippen molar-refractivity contribution >= 4 is 34.8 Å². The third-order valence-corrected chi connectivity index (χ3v) is 3.72. The minimum Gasteiger partial charge on any atom is -0.476 e. The molecular formula is C17H15ClN2O3. The zero-order valence-electron chi connectivity index (χ0n) is 12.6. The highest BCUT2D eigenvalue weighted by atomic mass is 35.5. The van der Waals surface area contributed by atoms with Crippen molar-refractivity contribution in [2.75, 3.05) is 10.6 Å². The summed E-state index contributed by atoms with van der Waals surface area (Å²) in [6, 6.07) is 11.8. The summed E-state index contributed by atoms with van der Waals surface area (Å²) in [7, 11) is 0. The Balaban J connectivity index is 1.82. The predicted molar refractivity (Wildman–Crippen MR) is 89.2 cm³/mol. The molecule has 0 bridgehead atoms. The zero-order chi connectivity index (χ0) is 16.6. The van der Waals surface area contributed by atoms with Crippen LogP contribution in [0.5, 0.6) is 5.75 Å². The van der Waals surface area contributed by atoms with E-state index >= 15 is 0 Å². The van der Waals surface area contributed by atoms with Crippen molar-refractivity contribution in [2.45, 2.75) is 19.4 Å². The molecule has 2 amide bonds. The van der Waals surface area contributed by atoms with Crippen LogP contribution in [0.2, 0.25) is 5.02 Å². The monoisotopic (exact) mass is 330 g/mol. The molecule has 6 heteroatoms. The third kappa shape index (κ3) is 3.14. The normalized spacial score (nSPS) is 15.2. The van der Waals surface area contributed by atoms with Gasteiger partial charge in [0.2, 0.25) is 0 Å². The van der Waals surface area contributed by atoms with Crippen LogP contribution in [0.1, 0.15) is 24.2 Å². The number of halogens is 1. The van der Waals surface area contributed by atoms with E-state index in [1.54, 1.807) is 56.3 Å². The Hall–Kier alpha value is -2.53. The molecule has 2 N–H and O–H groups in total. The van der Waals surface area contributed by atoms with Crippen LogP contribution >= 0.6 is 11.6 Å². The van der Waals surface area contributed by atoms with Crippen molar-refractivity contribution < 1.29 is 14.3 Å². The molecule has 0 aliphatic carbocycles. The summed E-state index contributed by atoms with van der Waals surface area (Å²) in [5, 5.41) is 6.03. The minimum absolute atomic E-state index is 0.233. The molecule has 5 nitrogen and oxygen atoms in total. The molecule has 23 heavy (non-hydrogen) atoms. The van der Waals surface area contributed by atoms with Crippen molar-refractivity contribution in [1.82, 2.24) is 0 Å². The maximum absolute atomic E-state index is 12.2. The Morgan fingerprint density at radius 3 is 2.74 bits per heavy atom. The lowest BCUT2D eigenvalue weighted by atomic mass is 10.1. The molecule has 2 aromatic carbocycles. The van der Waals surface area contributed by atoms with Gasteiger partial charge in [-0.15, -0.1) is 0 Å². The molecular weight excluding hydrogens is 316 g/mol. The average Bonchev–Trinajstić information content (AvgIpc) is 2.48. The Morgan fingerprint density at radius 2 is 2.00 bits per heavy atom. The van der Waals surface area contributed by atoms with Crippen LogP contribution in [0.4, 0.5) is 11.4 Å². The van der Waals surface area contributed by atoms with E-state index in [-0.39, 0.29) is 11.8 Å². The van der Waals surface area contributed by atoms with Crippen molar-refractivity contribution in [3.8, 4) is 5.75 Å². The number of fused-ring (bicyclic) bond motifs is 1. The Bertz CT molecular complexity index is 802. The van der Waals surface area contributed by atoms with Gasteiger partial charge in [0, 0.05) is 16.3 Å². The van der Waals surface area contributed by atoms with Crippen LogP contribution in [0.15, 0.2) is 42.5 Å². The summed E-state index contributed by atoms with van der Waals surface area (Å²) in [6.45, 7) is 3.39. The fourth-order valence-corrected chi connectivity index (χ4v) is 2.41. The lowest BCUT2D eigenvalue weighted by molar-refractivity contribution is -0.129. The van der Waals surface area contributed by atoms with Gasteiger partial charge in [-0.1, -0.05) is 17.7 Å². The van der Waals surface area contributed by atoms with Gasteiger partial charge in [-0.3, -0.25) is 9.59 Å².